The number of hydrogen-bond donors (Lipinski definition) is 0. The average molecular weight is 492 g/mol. The first-order chi connectivity index (χ1) is 17.1. The summed E-state index contributed by atoms with van der Waals surface area (Å²) < 4.78 is 13.1. The highest BCUT2D eigenvalue weighted by molar-refractivity contribution is 6.32. The molecule has 4 heterocycles. The van der Waals surface area contributed by atoms with E-state index in [0.717, 1.165) is 29.7 Å². The smallest absolute Gasteiger partial charge is 0.299 e. The first-order valence-corrected chi connectivity index (χ1v) is 12.2. The Hall–Kier alpha value is -3.52. The quantitative estimate of drug-likeness (QED) is 0.524. The maximum absolute atomic E-state index is 13.7. The van der Waals surface area contributed by atoms with Crippen LogP contribution >= 0.6 is 11.6 Å². The number of methoxy groups -OCH3 is 1. The Kier molecular flexibility index (Phi) is 5.40. The maximum atomic E-state index is 13.7. The highest BCUT2D eigenvalue weighted by Crippen LogP contribution is 2.38. The van der Waals surface area contributed by atoms with Crippen LogP contribution < -0.4 is 14.4 Å². The number of halogens is 1. The number of aromatic nitrogens is 2. The van der Waals surface area contributed by atoms with Gasteiger partial charge in [0.05, 0.1) is 37.9 Å². The number of ether oxygens (including phenoxy) is 2. The molecule has 1 atom stereocenters. The van der Waals surface area contributed by atoms with Gasteiger partial charge in [0.25, 0.3) is 11.9 Å². The maximum Gasteiger partial charge on any atom is 0.299 e. The average Bonchev–Trinajstić information content (AvgIpc) is 3.57. The Morgan fingerprint density at radius 2 is 2.03 bits per heavy atom. The van der Waals surface area contributed by atoms with Gasteiger partial charge in [0.1, 0.15) is 5.75 Å². The number of hydrogen-bond acceptors (Lipinski definition) is 6. The Labute approximate surface area is 208 Å². The van der Waals surface area contributed by atoms with Gasteiger partial charge < -0.3 is 9.47 Å². The fourth-order valence-corrected chi connectivity index (χ4v) is 5.50. The molecule has 0 radical (unpaired) electrons. The van der Waals surface area contributed by atoms with Gasteiger partial charge in [-0.2, -0.15) is 4.98 Å². The van der Waals surface area contributed by atoms with Gasteiger partial charge in [-0.15, -0.1) is 0 Å². The molecular weight excluding hydrogens is 466 g/mol. The number of rotatable bonds is 6. The third kappa shape index (κ3) is 3.63. The summed E-state index contributed by atoms with van der Waals surface area (Å²) in [7, 11) is 1.58. The van der Waals surface area contributed by atoms with Crippen molar-refractivity contribution in [3.8, 4) is 11.8 Å². The van der Waals surface area contributed by atoms with Crippen LogP contribution in [0.5, 0.6) is 11.8 Å². The van der Waals surface area contributed by atoms with Crippen molar-refractivity contribution in [3.63, 3.8) is 0 Å². The number of anilines is 1. The van der Waals surface area contributed by atoms with Crippen molar-refractivity contribution in [1.29, 1.82) is 0 Å². The zero-order chi connectivity index (χ0) is 24.1. The van der Waals surface area contributed by atoms with E-state index in [1.165, 1.54) is 5.56 Å². The number of fused-ring (bicyclic) bond motifs is 4. The molecule has 0 saturated heterocycles. The van der Waals surface area contributed by atoms with E-state index < -0.39 is 0 Å². The third-order valence-corrected chi connectivity index (χ3v) is 7.02. The van der Waals surface area contributed by atoms with E-state index in [0.29, 0.717) is 54.7 Å². The number of imidazole rings is 1. The summed E-state index contributed by atoms with van der Waals surface area (Å²) in [5.41, 5.74) is 3.78. The number of carbonyl (C=O) groups excluding carboxylic acids is 1. The molecule has 3 aliphatic rings. The van der Waals surface area contributed by atoms with Crippen molar-refractivity contribution in [2.45, 2.75) is 32.4 Å². The molecule has 0 fully saturated rings. The summed E-state index contributed by atoms with van der Waals surface area (Å²) in [4.78, 5) is 27.2. The lowest BCUT2D eigenvalue weighted by molar-refractivity contribution is 0.0835. The van der Waals surface area contributed by atoms with Crippen LogP contribution in [0.25, 0.3) is 0 Å². The lowest BCUT2D eigenvalue weighted by Crippen LogP contribution is -2.50. The standard InChI is InChI=1S/C26H26ClN5O3/c1-3-30-24(33)21-23(32-15-19(28-25(30)32)12-16-7-5-4-6-8-16)29-26(34-2)31(21)14-17-11-18-9-10-35-22(18)20(27)13-17/h4-8,11,13,19H,3,9-10,12,14-15H2,1-2H3/t19-/m1/s1. The van der Waals surface area contributed by atoms with Gasteiger partial charge in [0.15, 0.2) is 11.5 Å². The van der Waals surface area contributed by atoms with Crippen LogP contribution in [-0.4, -0.2) is 59.2 Å². The summed E-state index contributed by atoms with van der Waals surface area (Å²) in [6.07, 6.45) is 1.62. The molecule has 2 aromatic carbocycles. The van der Waals surface area contributed by atoms with E-state index in [9.17, 15) is 4.79 Å². The van der Waals surface area contributed by atoms with Gasteiger partial charge in [-0.05, 0) is 36.1 Å². The molecule has 180 valence electrons. The van der Waals surface area contributed by atoms with Crippen molar-refractivity contribution in [1.82, 2.24) is 14.5 Å². The fraction of sp³-hybridized carbons (Fsp3) is 0.346. The summed E-state index contributed by atoms with van der Waals surface area (Å²) in [6, 6.07) is 14.7. The van der Waals surface area contributed by atoms with Gasteiger partial charge >= 0.3 is 0 Å². The second-order valence-corrected chi connectivity index (χ2v) is 9.36. The summed E-state index contributed by atoms with van der Waals surface area (Å²) in [5.74, 6) is 1.90. The molecule has 9 heteroatoms. The minimum absolute atomic E-state index is 0.0341. The van der Waals surface area contributed by atoms with Crippen LogP contribution in [0, 0.1) is 0 Å². The number of guanidine groups is 1. The van der Waals surface area contributed by atoms with E-state index in [1.54, 1.807) is 12.0 Å². The predicted octanol–water partition coefficient (Wildman–Crippen LogP) is 3.79. The molecule has 0 saturated carbocycles. The van der Waals surface area contributed by atoms with Crippen LogP contribution in [0.2, 0.25) is 5.02 Å². The minimum atomic E-state index is -0.121. The van der Waals surface area contributed by atoms with E-state index >= 15 is 0 Å². The molecule has 3 aromatic rings. The number of nitrogens with zero attached hydrogens (tertiary/aromatic N) is 5. The Morgan fingerprint density at radius 3 is 2.80 bits per heavy atom. The fourth-order valence-electron chi connectivity index (χ4n) is 5.18. The van der Waals surface area contributed by atoms with E-state index in [-0.39, 0.29) is 11.9 Å². The predicted molar refractivity (Wildman–Crippen MR) is 134 cm³/mol. The van der Waals surface area contributed by atoms with E-state index in [1.807, 2.05) is 35.8 Å². The Bertz CT molecular complexity index is 1340. The molecule has 0 unspecified atom stereocenters. The molecule has 1 aromatic heterocycles. The number of carbonyl (C=O) groups is 1. The van der Waals surface area contributed by atoms with Gasteiger partial charge in [-0.25, -0.2) is 4.99 Å². The normalized spacial score (nSPS) is 18.2. The lowest BCUT2D eigenvalue weighted by atomic mass is 10.1. The summed E-state index contributed by atoms with van der Waals surface area (Å²) >= 11 is 6.48. The second-order valence-electron chi connectivity index (χ2n) is 8.95. The summed E-state index contributed by atoms with van der Waals surface area (Å²) in [6.45, 7) is 4.18. The topological polar surface area (TPSA) is 72.2 Å². The SMILES string of the molecule is CCN1C(=O)c2c(nc(OC)n2Cc2cc(Cl)c3c(c2)CCO3)N2C[C@@H](Cc3ccccc3)N=C12. The molecule has 8 nitrogen and oxygen atoms in total. The van der Waals surface area contributed by atoms with Crippen molar-refractivity contribution < 1.29 is 14.3 Å². The molecule has 0 spiro atoms. The minimum Gasteiger partial charge on any atom is -0.491 e. The Morgan fingerprint density at radius 1 is 1.20 bits per heavy atom. The van der Waals surface area contributed by atoms with E-state index in [4.69, 9.17) is 31.1 Å². The van der Waals surface area contributed by atoms with Crippen molar-refractivity contribution in [3.05, 3.63) is 69.9 Å². The largest absolute Gasteiger partial charge is 0.491 e. The number of aliphatic imine (C=N–C) groups is 1. The van der Waals surface area contributed by atoms with Gasteiger partial charge in [0.2, 0.25) is 5.96 Å². The molecule has 0 N–H and O–H groups in total. The summed E-state index contributed by atoms with van der Waals surface area (Å²) in [5, 5.41) is 0.585. The zero-order valence-corrected chi connectivity index (χ0v) is 20.5. The van der Waals surface area contributed by atoms with Crippen LogP contribution in [-0.2, 0) is 19.4 Å². The monoisotopic (exact) mass is 491 g/mol. The molecular formula is C26H26ClN5O3. The van der Waals surface area contributed by atoms with Crippen molar-refractivity contribution >= 4 is 29.3 Å². The first kappa shape index (κ1) is 22.0. The van der Waals surface area contributed by atoms with Crippen molar-refractivity contribution in [2.24, 2.45) is 4.99 Å². The van der Waals surface area contributed by atoms with Crippen LogP contribution in [0.15, 0.2) is 47.5 Å². The van der Waals surface area contributed by atoms with Gasteiger partial charge in [-0.1, -0.05) is 48.0 Å². The number of amides is 1. The molecule has 6 rings (SSSR count). The molecule has 3 aliphatic heterocycles. The Balaban J connectivity index is 1.37. The third-order valence-electron chi connectivity index (χ3n) is 6.74. The lowest BCUT2D eigenvalue weighted by Gasteiger charge is -2.32. The van der Waals surface area contributed by atoms with Gasteiger partial charge in [-0.3, -0.25) is 19.2 Å². The van der Waals surface area contributed by atoms with Crippen LogP contribution in [0.1, 0.15) is 34.1 Å². The number of benzene rings is 2. The van der Waals surface area contributed by atoms with Gasteiger partial charge in [0, 0.05) is 13.0 Å². The van der Waals surface area contributed by atoms with E-state index in [2.05, 4.69) is 23.1 Å². The highest BCUT2D eigenvalue weighted by Gasteiger charge is 2.43. The van der Waals surface area contributed by atoms with Crippen molar-refractivity contribution in [2.75, 3.05) is 31.7 Å². The molecule has 35 heavy (non-hydrogen) atoms. The molecule has 1 amide bonds. The molecule has 0 aliphatic carbocycles. The van der Waals surface area contributed by atoms with Crippen LogP contribution in [0.3, 0.4) is 0 Å². The molecule has 0 bridgehead atoms. The highest BCUT2D eigenvalue weighted by atomic mass is 35.5. The first-order valence-electron chi connectivity index (χ1n) is 11.9. The zero-order valence-electron chi connectivity index (χ0n) is 19.7. The van der Waals surface area contributed by atoms with Crippen LogP contribution in [0.4, 0.5) is 5.82 Å². The second kappa shape index (κ2) is 8.61.